The van der Waals surface area contributed by atoms with Crippen molar-refractivity contribution in [3.63, 3.8) is 0 Å². The second kappa shape index (κ2) is 35.7. The van der Waals surface area contributed by atoms with Crippen molar-refractivity contribution in [3.8, 4) is 22.3 Å². The maximum absolute atomic E-state index is 13.0. The molecule has 2 unspecified atom stereocenters. The number of amides is 6. The molecule has 5 aromatic rings. The van der Waals surface area contributed by atoms with Gasteiger partial charge in [0.1, 0.15) is 24.4 Å². The average Bonchev–Trinajstić information content (AvgIpc) is 0.777. The lowest BCUT2D eigenvalue weighted by atomic mass is 9.81. The average molecular weight is 1340 g/mol. The summed E-state index contributed by atoms with van der Waals surface area (Å²) in [7, 11) is 0. The van der Waals surface area contributed by atoms with Gasteiger partial charge in [-0.3, -0.25) is 28.8 Å². The van der Waals surface area contributed by atoms with Crippen LogP contribution in [0.3, 0.4) is 0 Å². The largest absolute Gasteiger partial charge is 0.479 e. The first-order valence-electron chi connectivity index (χ1n) is 31.2. The molecule has 94 heavy (non-hydrogen) atoms. The fourth-order valence-electron chi connectivity index (χ4n) is 11.4. The number of rotatable bonds is 34. The van der Waals surface area contributed by atoms with Crippen molar-refractivity contribution in [1.82, 2.24) is 31.9 Å². The molecule has 0 aliphatic carbocycles. The summed E-state index contributed by atoms with van der Waals surface area (Å²) in [6.45, 7) is 2.04. The topological polar surface area (TPSA) is 389 Å². The summed E-state index contributed by atoms with van der Waals surface area (Å²) in [5.74, 6) is -3.61. The van der Waals surface area contributed by atoms with Crippen LogP contribution < -0.4 is 31.9 Å². The predicted molar refractivity (Wildman–Crippen MR) is 353 cm³/mol. The number of carbonyl (C=O) groups is 8. The molecule has 6 amide bonds. The van der Waals surface area contributed by atoms with E-state index in [2.05, 4.69) is 31.9 Å². The third-order valence-corrected chi connectivity index (χ3v) is 18.6. The van der Waals surface area contributed by atoms with Gasteiger partial charge in [-0.05, 0) is 121 Å². The molecule has 12 atom stereocenters. The molecule has 0 radical (unpaired) electrons. The van der Waals surface area contributed by atoms with Crippen molar-refractivity contribution in [3.05, 3.63) is 156 Å². The third-order valence-electron chi connectivity index (χ3n) is 16.5. The van der Waals surface area contributed by atoms with Gasteiger partial charge in [0.05, 0.1) is 36.5 Å². The van der Waals surface area contributed by atoms with Crippen LogP contribution in [-0.2, 0) is 28.7 Å². The first-order valence-corrected chi connectivity index (χ1v) is 33.5. The van der Waals surface area contributed by atoms with E-state index in [0.29, 0.717) is 72.9 Å². The lowest BCUT2D eigenvalue weighted by Crippen LogP contribution is -2.67. The molecule has 2 aliphatic heterocycles. The molecule has 7 rings (SSSR count). The van der Waals surface area contributed by atoms with Gasteiger partial charge in [-0.15, -0.1) is 0 Å². The number of carbonyl (C=O) groups excluding carboxylic acids is 6. The Morgan fingerprint density at radius 1 is 0.447 bits per heavy atom. The molecule has 5 aromatic carbocycles. The van der Waals surface area contributed by atoms with Crippen LogP contribution in [0.5, 0.6) is 0 Å². The number of carboxylic acid groups (broad SMARTS) is 2. The molecule has 2 saturated heterocycles. The molecule has 0 bridgehead atoms. The highest BCUT2D eigenvalue weighted by Gasteiger charge is 2.56. The molecule has 0 aromatic heterocycles. The van der Waals surface area contributed by atoms with E-state index in [1.165, 1.54) is 61.6 Å². The van der Waals surface area contributed by atoms with E-state index in [0.717, 1.165) is 22.3 Å². The second-order valence-electron chi connectivity index (χ2n) is 23.4. The van der Waals surface area contributed by atoms with Gasteiger partial charge in [0.15, 0.2) is 11.2 Å². The second-order valence-corrected chi connectivity index (χ2v) is 25.9. The fourth-order valence-corrected chi connectivity index (χ4v) is 13.1. The number of aliphatic carboxylic acids is 2. The normalized spacial score (nSPS) is 22.3. The van der Waals surface area contributed by atoms with Gasteiger partial charge in [-0.25, -0.2) is 9.59 Å². The minimum Gasteiger partial charge on any atom is -0.479 e. The van der Waals surface area contributed by atoms with Crippen LogP contribution in [0, 0.1) is 0 Å². The Morgan fingerprint density at radius 3 is 1.07 bits per heavy atom. The molecule has 0 saturated carbocycles. The molecule has 2 heterocycles. The van der Waals surface area contributed by atoms with Crippen molar-refractivity contribution in [1.29, 1.82) is 0 Å². The predicted octanol–water partition coefficient (Wildman–Crippen LogP) is 3.55. The SMILES string of the molecule is CC(=O)N[C@@H]1[C@@H](O)C[C@](CCCCSCCNC(=O)c2ccc(C(=O)NCCSCCCC[C@]3(C(=O)O)C[C@H](O)[C@@H](NC(C)=O)[C@H](C(O)[C@H](O)CNC(=O)c4ccc(-c5ccccc5)cc4)O3)cc2)(C(=O)O)O[C@H]1C(O)[C@H](O)CNC(=O)c1ccc(-c2ccccc2)cc1. The Bertz CT molecular complexity index is 3100. The number of aliphatic hydroxyl groups excluding tert-OH is 6. The van der Waals surface area contributed by atoms with E-state index in [-0.39, 0.29) is 35.8 Å². The van der Waals surface area contributed by atoms with Gasteiger partial charge < -0.3 is 82.2 Å². The molecular weight excluding hydrogens is 1250 g/mol. The molecular formula is C68H84N6O18S2. The smallest absolute Gasteiger partial charge is 0.336 e. The summed E-state index contributed by atoms with van der Waals surface area (Å²) in [5, 5.41) is 104. The number of hydrogen-bond acceptors (Lipinski definition) is 18. The number of unbranched alkanes of at least 4 members (excludes halogenated alkanes) is 2. The lowest BCUT2D eigenvalue weighted by molar-refractivity contribution is -0.229. The van der Waals surface area contributed by atoms with Crippen molar-refractivity contribution >= 4 is 70.9 Å². The van der Waals surface area contributed by atoms with Crippen LogP contribution in [-0.4, -0.2) is 210 Å². The Hall–Kier alpha value is -7.76. The first-order chi connectivity index (χ1) is 45.0. The lowest BCUT2D eigenvalue weighted by Gasteiger charge is -2.47. The minimum atomic E-state index is -1.99. The summed E-state index contributed by atoms with van der Waals surface area (Å²) in [6, 6.07) is 36.2. The van der Waals surface area contributed by atoms with Gasteiger partial charge in [-0.2, -0.15) is 23.5 Å². The zero-order valence-corrected chi connectivity index (χ0v) is 53.9. The Kier molecular flexibility index (Phi) is 27.9. The van der Waals surface area contributed by atoms with Gasteiger partial charge in [0, 0.05) is 86.6 Å². The zero-order valence-electron chi connectivity index (χ0n) is 52.3. The number of hydrogen-bond donors (Lipinski definition) is 14. The molecule has 14 N–H and O–H groups in total. The Balaban J connectivity index is 0.773. The molecule has 26 heteroatoms. The number of nitrogens with one attached hydrogen (secondary N) is 6. The van der Waals surface area contributed by atoms with Crippen LogP contribution in [0.4, 0.5) is 0 Å². The summed E-state index contributed by atoms with van der Waals surface area (Å²) < 4.78 is 12.1. The number of thioether (sulfide) groups is 2. The van der Waals surface area contributed by atoms with E-state index < -0.39 is 134 Å². The summed E-state index contributed by atoms with van der Waals surface area (Å²) in [6.07, 6.45) is -12.5. The van der Waals surface area contributed by atoms with Gasteiger partial charge >= 0.3 is 11.9 Å². The molecule has 2 aliphatic rings. The van der Waals surface area contributed by atoms with E-state index in [1.54, 1.807) is 48.5 Å². The Labute approximate surface area is 553 Å². The van der Waals surface area contributed by atoms with Crippen molar-refractivity contribution in [2.24, 2.45) is 0 Å². The standard InChI is InChI=1S/C68H84N6O18S2/c1-41(75)73-55-51(77)37-67(65(87)88,91-59(55)57(81)53(79)39-71-63(85)49-21-17-45(18-22-49)43-13-5-3-6-14-43)29-9-11-33-93-35-31-69-61(83)47-25-27-48(28-26-47)62(84)70-32-36-94-34-12-10-30-68(66(89)90)38-52(78)56(74-42(2)76)60(92-68)58(82)54(80)40-72-64(86)50-23-19-46(20-24-50)44-15-7-4-8-16-44/h3-8,13-28,51-60,77-82H,9-12,29-40H2,1-2H3,(H,69,83)(H,70,84)(H,71,85)(H,72,86)(H,73,75)(H,74,76)(H,87,88)(H,89,90)/t51-,52-,53+,54+,55+,56+,57?,58?,59+,60+,67+,68+/m0/s1. The van der Waals surface area contributed by atoms with Crippen LogP contribution in [0.1, 0.15) is 107 Å². The highest BCUT2D eigenvalue weighted by molar-refractivity contribution is 7.99. The summed E-state index contributed by atoms with van der Waals surface area (Å²) in [4.78, 5) is 102. The minimum absolute atomic E-state index is 0.0789. The number of aliphatic hydroxyl groups is 6. The molecule has 2 fully saturated rings. The van der Waals surface area contributed by atoms with Gasteiger partial charge in [0.25, 0.3) is 23.6 Å². The van der Waals surface area contributed by atoms with Crippen LogP contribution in [0.2, 0.25) is 0 Å². The van der Waals surface area contributed by atoms with Gasteiger partial charge in [0.2, 0.25) is 11.8 Å². The van der Waals surface area contributed by atoms with Gasteiger partial charge in [-0.1, -0.05) is 84.9 Å². The van der Waals surface area contributed by atoms with Crippen LogP contribution in [0.25, 0.3) is 22.3 Å². The maximum atomic E-state index is 13.0. The first kappa shape index (κ1) is 73.6. The van der Waals surface area contributed by atoms with Crippen LogP contribution in [0.15, 0.2) is 133 Å². The van der Waals surface area contributed by atoms with Crippen LogP contribution >= 0.6 is 23.5 Å². The number of ether oxygens (including phenoxy) is 2. The summed E-state index contributed by atoms with van der Waals surface area (Å²) in [5.41, 5.74) is 0.944. The number of carboxylic acids is 2. The van der Waals surface area contributed by atoms with E-state index in [9.17, 15) is 79.2 Å². The molecule has 506 valence electrons. The zero-order chi connectivity index (χ0) is 68.0. The number of benzene rings is 5. The molecule has 24 nitrogen and oxygen atoms in total. The highest BCUT2D eigenvalue weighted by Crippen LogP contribution is 2.38. The third kappa shape index (κ3) is 20.6. The summed E-state index contributed by atoms with van der Waals surface area (Å²) >= 11 is 3.02. The quantitative estimate of drug-likeness (QED) is 0.0262. The highest BCUT2D eigenvalue weighted by atomic mass is 32.2. The maximum Gasteiger partial charge on any atom is 0.336 e. The molecule has 0 spiro atoms. The Morgan fingerprint density at radius 2 is 0.755 bits per heavy atom. The van der Waals surface area contributed by atoms with E-state index >= 15 is 0 Å². The fraction of sp³-hybridized carbons (Fsp3) is 0.441. The van der Waals surface area contributed by atoms with E-state index in [1.807, 2.05) is 60.7 Å². The monoisotopic (exact) mass is 1340 g/mol. The van der Waals surface area contributed by atoms with Crippen molar-refractivity contribution in [2.75, 3.05) is 49.2 Å². The van der Waals surface area contributed by atoms with Crippen molar-refractivity contribution < 1.29 is 88.7 Å². The van der Waals surface area contributed by atoms with Crippen molar-refractivity contribution in [2.45, 2.75) is 137 Å². The van der Waals surface area contributed by atoms with E-state index in [4.69, 9.17) is 9.47 Å².